The Hall–Kier alpha value is -3.75. The maximum absolute atomic E-state index is 6.40. The lowest BCUT2D eigenvalue weighted by Gasteiger charge is -2.21. The largest absolute Gasteiger partial charge is 0.228 e. The lowest BCUT2D eigenvalue weighted by molar-refractivity contribution is 0.660. The minimum Gasteiger partial charge on any atom is -0.228 e. The molecule has 0 N–H and O–H groups in total. The van der Waals surface area contributed by atoms with Crippen molar-refractivity contribution in [1.29, 1.82) is 0 Å². The van der Waals surface area contributed by atoms with Crippen LogP contribution in [0.15, 0.2) is 103 Å². The summed E-state index contributed by atoms with van der Waals surface area (Å²) in [5, 5.41) is 0.757. The van der Waals surface area contributed by atoms with Gasteiger partial charge in [0.15, 0.2) is 5.82 Å². The molecule has 0 unspecified atom stereocenters. The third-order valence-corrected chi connectivity index (χ3v) is 7.00. The van der Waals surface area contributed by atoms with Crippen molar-refractivity contribution >= 4 is 11.6 Å². The Labute approximate surface area is 204 Å². The minimum absolute atomic E-state index is 0.0656. The number of hydrogen-bond acceptors (Lipinski definition) is 2. The predicted octanol–water partition coefficient (Wildman–Crippen LogP) is 8.44. The second-order valence-electron chi connectivity index (χ2n) is 9.27. The summed E-state index contributed by atoms with van der Waals surface area (Å²) in [6, 6.07) is 35.4. The van der Waals surface area contributed by atoms with Crippen LogP contribution in [-0.4, -0.2) is 9.97 Å². The van der Waals surface area contributed by atoms with Gasteiger partial charge in [-0.2, -0.15) is 0 Å². The quantitative estimate of drug-likeness (QED) is 0.271. The van der Waals surface area contributed by atoms with Crippen LogP contribution in [0.1, 0.15) is 25.0 Å². The smallest absolute Gasteiger partial charge is 0.160 e. The molecule has 0 saturated carbocycles. The monoisotopic (exact) mass is 458 g/mol. The van der Waals surface area contributed by atoms with Gasteiger partial charge in [-0.25, -0.2) is 9.97 Å². The first-order chi connectivity index (χ1) is 16.5. The molecule has 0 radical (unpaired) electrons. The topological polar surface area (TPSA) is 25.8 Å². The molecule has 0 amide bonds. The van der Waals surface area contributed by atoms with Crippen LogP contribution in [0.4, 0.5) is 0 Å². The molecule has 6 rings (SSSR count). The van der Waals surface area contributed by atoms with Crippen molar-refractivity contribution in [1.82, 2.24) is 9.97 Å². The molecule has 34 heavy (non-hydrogen) atoms. The number of nitrogens with zero attached hydrogens (tertiary/aromatic N) is 2. The van der Waals surface area contributed by atoms with Crippen molar-refractivity contribution in [3.8, 4) is 45.0 Å². The van der Waals surface area contributed by atoms with Crippen molar-refractivity contribution in [3.05, 3.63) is 119 Å². The number of aromatic nitrogens is 2. The average Bonchev–Trinajstić information content (AvgIpc) is 3.10. The van der Waals surface area contributed by atoms with Crippen LogP contribution in [0.5, 0.6) is 0 Å². The zero-order valence-electron chi connectivity index (χ0n) is 19.1. The molecule has 2 nitrogen and oxygen atoms in total. The molecule has 0 fully saturated rings. The third-order valence-electron chi connectivity index (χ3n) is 6.76. The molecule has 0 bridgehead atoms. The average molecular weight is 459 g/mol. The Kier molecular flexibility index (Phi) is 4.86. The summed E-state index contributed by atoms with van der Waals surface area (Å²) in [5.74, 6) is 0.723. The summed E-state index contributed by atoms with van der Waals surface area (Å²) in [4.78, 5) is 9.91. The molecule has 5 aromatic rings. The molecule has 0 aliphatic heterocycles. The first-order valence-electron chi connectivity index (χ1n) is 11.5. The summed E-state index contributed by atoms with van der Waals surface area (Å²) < 4.78 is 0. The summed E-state index contributed by atoms with van der Waals surface area (Å²) >= 11 is 6.40. The van der Waals surface area contributed by atoms with Crippen molar-refractivity contribution in [2.75, 3.05) is 0 Å². The Morgan fingerprint density at radius 2 is 1.12 bits per heavy atom. The van der Waals surface area contributed by atoms with Gasteiger partial charge in [-0.15, -0.1) is 0 Å². The highest BCUT2D eigenvalue weighted by Crippen LogP contribution is 2.50. The van der Waals surface area contributed by atoms with Crippen LogP contribution in [0, 0.1) is 0 Å². The highest BCUT2D eigenvalue weighted by Gasteiger charge is 2.35. The molecule has 4 aromatic carbocycles. The summed E-state index contributed by atoms with van der Waals surface area (Å²) in [5.41, 5.74) is 9.94. The number of hydrogen-bond donors (Lipinski definition) is 0. The van der Waals surface area contributed by atoms with Gasteiger partial charge >= 0.3 is 0 Å². The van der Waals surface area contributed by atoms with Gasteiger partial charge in [-0.3, -0.25) is 0 Å². The lowest BCUT2D eigenvalue weighted by Crippen LogP contribution is -2.14. The van der Waals surface area contributed by atoms with Gasteiger partial charge in [-0.1, -0.05) is 104 Å². The van der Waals surface area contributed by atoms with E-state index in [4.69, 9.17) is 21.6 Å². The Morgan fingerprint density at radius 1 is 0.559 bits per heavy atom. The maximum Gasteiger partial charge on any atom is 0.160 e. The van der Waals surface area contributed by atoms with Gasteiger partial charge in [0.25, 0.3) is 0 Å². The second kappa shape index (κ2) is 7.93. The van der Waals surface area contributed by atoms with Crippen LogP contribution in [0.2, 0.25) is 5.02 Å². The minimum atomic E-state index is -0.0656. The van der Waals surface area contributed by atoms with E-state index in [-0.39, 0.29) is 5.41 Å². The van der Waals surface area contributed by atoms with E-state index in [0.29, 0.717) is 0 Å². The standard InChI is InChI=1S/C31H23ClN2/c1-31(2)26-15-13-22(17-24(26)25-18-23(32)14-16-27(25)31)29-19-28(20-9-5-3-6-10-20)33-30(34-29)21-11-7-4-8-12-21/h3-19H,1-2H3. The predicted molar refractivity (Wildman–Crippen MR) is 141 cm³/mol. The Bertz CT molecular complexity index is 1460. The van der Waals surface area contributed by atoms with Crippen LogP contribution < -0.4 is 0 Å². The fourth-order valence-electron chi connectivity index (χ4n) is 4.97. The van der Waals surface area contributed by atoms with E-state index in [1.54, 1.807) is 0 Å². The van der Waals surface area contributed by atoms with Crippen molar-refractivity contribution in [2.24, 2.45) is 0 Å². The zero-order valence-corrected chi connectivity index (χ0v) is 19.8. The van der Waals surface area contributed by atoms with E-state index in [2.05, 4.69) is 74.5 Å². The molecule has 0 saturated heterocycles. The molecule has 0 spiro atoms. The lowest BCUT2D eigenvalue weighted by atomic mass is 9.82. The summed E-state index contributed by atoms with van der Waals surface area (Å²) in [6.45, 7) is 4.55. The summed E-state index contributed by atoms with van der Waals surface area (Å²) in [6.07, 6.45) is 0. The molecular formula is C31H23ClN2. The van der Waals surface area contributed by atoms with E-state index < -0.39 is 0 Å². The Morgan fingerprint density at radius 3 is 1.79 bits per heavy atom. The normalized spacial score (nSPS) is 13.4. The third kappa shape index (κ3) is 3.43. The molecular weight excluding hydrogens is 436 g/mol. The van der Waals surface area contributed by atoms with E-state index in [0.717, 1.165) is 38.9 Å². The van der Waals surface area contributed by atoms with Gasteiger partial charge in [-0.05, 0) is 46.5 Å². The SMILES string of the molecule is CC1(C)c2ccc(Cl)cc2-c2cc(-c3cc(-c4ccccc4)nc(-c4ccccc4)n3)ccc21. The molecule has 1 aliphatic rings. The van der Waals surface area contributed by atoms with Crippen LogP contribution >= 0.6 is 11.6 Å². The molecule has 164 valence electrons. The highest BCUT2D eigenvalue weighted by atomic mass is 35.5. The molecule has 0 atom stereocenters. The maximum atomic E-state index is 6.40. The number of fused-ring (bicyclic) bond motifs is 3. The van der Waals surface area contributed by atoms with Crippen molar-refractivity contribution < 1.29 is 0 Å². The van der Waals surface area contributed by atoms with E-state index >= 15 is 0 Å². The molecule has 3 heteroatoms. The van der Waals surface area contributed by atoms with E-state index in [9.17, 15) is 0 Å². The van der Waals surface area contributed by atoms with Crippen LogP contribution in [-0.2, 0) is 5.41 Å². The van der Waals surface area contributed by atoms with Gasteiger partial charge in [0.2, 0.25) is 0 Å². The van der Waals surface area contributed by atoms with Crippen LogP contribution in [0.3, 0.4) is 0 Å². The Balaban J connectivity index is 1.56. The molecule has 1 aromatic heterocycles. The van der Waals surface area contributed by atoms with Gasteiger partial charge in [0.05, 0.1) is 11.4 Å². The first kappa shape index (κ1) is 20.8. The fourth-order valence-corrected chi connectivity index (χ4v) is 5.14. The molecule has 1 heterocycles. The fraction of sp³-hybridized carbons (Fsp3) is 0.0968. The van der Waals surface area contributed by atoms with Gasteiger partial charge in [0, 0.05) is 27.1 Å². The van der Waals surface area contributed by atoms with Gasteiger partial charge < -0.3 is 0 Å². The number of halogens is 1. The second-order valence-corrected chi connectivity index (χ2v) is 9.71. The highest BCUT2D eigenvalue weighted by molar-refractivity contribution is 6.31. The zero-order chi connectivity index (χ0) is 23.3. The van der Waals surface area contributed by atoms with Crippen molar-refractivity contribution in [3.63, 3.8) is 0 Å². The first-order valence-corrected chi connectivity index (χ1v) is 11.8. The van der Waals surface area contributed by atoms with Crippen LogP contribution in [0.25, 0.3) is 45.0 Å². The van der Waals surface area contributed by atoms with Crippen molar-refractivity contribution in [2.45, 2.75) is 19.3 Å². The van der Waals surface area contributed by atoms with E-state index in [1.165, 1.54) is 22.3 Å². The molecule has 1 aliphatic carbocycles. The number of benzene rings is 4. The van der Waals surface area contributed by atoms with E-state index in [1.807, 2.05) is 42.5 Å². The number of rotatable bonds is 3. The van der Waals surface area contributed by atoms with Gasteiger partial charge in [0.1, 0.15) is 0 Å². The summed E-state index contributed by atoms with van der Waals surface area (Å²) in [7, 11) is 0.